The number of rotatable bonds is 3. The molecule has 5 heteroatoms. The highest BCUT2D eigenvalue weighted by atomic mass is 32.1. The van der Waals surface area contributed by atoms with Crippen LogP contribution in [-0.4, -0.2) is 29.3 Å². The summed E-state index contributed by atoms with van der Waals surface area (Å²) in [6, 6.07) is 16.6. The topological polar surface area (TPSA) is 48.4 Å². The third kappa shape index (κ3) is 3.16. The highest BCUT2D eigenvalue weighted by molar-refractivity contribution is 7.22. The number of para-hydroxylation sites is 1. The van der Waals surface area contributed by atoms with Gasteiger partial charge in [0, 0.05) is 24.5 Å². The number of fused-ring (bicyclic) bond motifs is 1. The zero-order chi connectivity index (χ0) is 15.6. The minimum absolute atomic E-state index is 0.133. The molecule has 0 spiro atoms. The number of hydrogen-bond donors (Lipinski definition) is 2. The van der Waals surface area contributed by atoms with Gasteiger partial charge in [-0.3, -0.25) is 0 Å². The Kier molecular flexibility index (Phi) is 3.89. The Morgan fingerprint density at radius 3 is 2.52 bits per heavy atom. The van der Waals surface area contributed by atoms with Crippen LogP contribution in [0.15, 0.2) is 48.5 Å². The van der Waals surface area contributed by atoms with E-state index in [4.69, 9.17) is 0 Å². The Morgan fingerprint density at radius 1 is 1.04 bits per heavy atom. The Labute approximate surface area is 139 Å². The van der Waals surface area contributed by atoms with Crippen molar-refractivity contribution in [2.45, 2.75) is 18.9 Å². The molecule has 4 rings (SSSR count). The maximum absolute atomic E-state index is 9.60. The van der Waals surface area contributed by atoms with Crippen LogP contribution in [0.2, 0.25) is 0 Å². The van der Waals surface area contributed by atoms with Crippen molar-refractivity contribution in [1.29, 1.82) is 0 Å². The smallest absolute Gasteiger partial charge is 0.188 e. The number of aliphatic hydroxyl groups is 1. The van der Waals surface area contributed by atoms with E-state index in [0.717, 1.165) is 42.3 Å². The third-order valence-corrected chi connectivity index (χ3v) is 5.19. The molecule has 1 aliphatic heterocycles. The van der Waals surface area contributed by atoms with Gasteiger partial charge in [0.2, 0.25) is 0 Å². The molecule has 2 N–H and O–H groups in total. The van der Waals surface area contributed by atoms with Crippen LogP contribution in [0, 0.1) is 0 Å². The van der Waals surface area contributed by atoms with Crippen molar-refractivity contribution in [3.63, 3.8) is 0 Å². The van der Waals surface area contributed by atoms with Crippen molar-refractivity contribution in [3.8, 4) is 0 Å². The fourth-order valence-electron chi connectivity index (χ4n) is 2.93. The van der Waals surface area contributed by atoms with Crippen LogP contribution >= 0.6 is 11.3 Å². The average Bonchev–Trinajstić information content (AvgIpc) is 2.98. The van der Waals surface area contributed by atoms with Gasteiger partial charge in [-0.15, -0.1) is 0 Å². The molecule has 0 unspecified atom stereocenters. The van der Waals surface area contributed by atoms with Crippen LogP contribution in [0.5, 0.6) is 0 Å². The number of nitrogens with zero attached hydrogens (tertiary/aromatic N) is 2. The lowest BCUT2D eigenvalue weighted by Gasteiger charge is -2.31. The van der Waals surface area contributed by atoms with E-state index in [1.165, 1.54) is 10.4 Å². The summed E-state index contributed by atoms with van der Waals surface area (Å²) >= 11 is 1.66. The lowest BCUT2D eigenvalue weighted by Crippen LogP contribution is -2.35. The lowest BCUT2D eigenvalue weighted by molar-refractivity contribution is 0.145. The maximum atomic E-state index is 9.60. The minimum atomic E-state index is -0.133. The second kappa shape index (κ2) is 6.18. The zero-order valence-electron chi connectivity index (χ0n) is 12.8. The number of aliphatic hydroxyl groups excluding tert-OH is 1. The third-order valence-electron chi connectivity index (χ3n) is 4.24. The second-order valence-electron chi connectivity index (χ2n) is 5.88. The Balaban J connectivity index is 1.47. The van der Waals surface area contributed by atoms with E-state index in [2.05, 4.69) is 45.5 Å². The first-order valence-corrected chi connectivity index (χ1v) is 8.75. The molecule has 2 heterocycles. The van der Waals surface area contributed by atoms with Crippen molar-refractivity contribution in [1.82, 2.24) is 4.98 Å². The first-order chi connectivity index (χ1) is 11.3. The van der Waals surface area contributed by atoms with E-state index in [0.29, 0.717) is 0 Å². The molecule has 0 saturated carbocycles. The number of thiazole rings is 1. The summed E-state index contributed by atoms with van der Waals surface area (Å²) in [7, 11) is 0. The molecule has 1 aromatic heterocycles. The molecule has 0 radical (unpaired) electrons. The fraction of sp³-hybridized carbons (Fsp3) is 0.278. The lowest BCUT2D eigenvalue weighted by atomic mass is 10.1. The van der Waals surface area contributed by atoms with Crippen molar-refractivity contribution in [3.05, 3.63) is 48.5 Å². The number of anilines is 3. The molecule has 1 fully saturated rings. The van der Waals surface area contributed by atoms with E-state index < -0.39 is 0 Å². The van der Waals surface area contributed by atoms with Crippen LogP contribution in [-0.2, 0) is 0 Å². The number of aromatic nitrogens is 1. The number of piperidine rings is 1. The highest BCUT2D eigenvalue weighted by Gasteiger charge is 2.17. The molecular formula is C18H19N3OS. The van der Waals surface area contributed by atoms with Crippen LogP contribution < -0.4 is 10.2 Å². The van der Waals surface area contributed by atoms with Crippen molar-refractivity contribution < 1.29 is 5.11 Å². The van der Waals surface area contributed by atoms with Gasteiger partial charge in [0.15, 0.2) is 5.13 Å². The quantitative estimate of drug-likeness (QED) is 0.764. The van der Waals surface area contributed by atoms with Gasteiger partial charge in [-0.25, -0.2) is 4.98 Å². The van der Waals surface area contributed by atoms with E-state index in [9.17, 15) is 5.11 Å². The summed E-state index contributed by atoms with van der Waals surface area (Å²) in [5.41, 5.74) is 3.29. The number of benzene rings is 2. The zero-order valence-corrected chi connectivity index (χ0v) is 13.6. The molecule has 0 bridgehead atoms. The molecule has 0 amide bonds. The SMILES string of the molecule is OC1CCN(c2ccc(Nc3nc4ccccc4s3)cc2)CC1. The van der Waals surface area contributed by atoms with Gasteiger partial charge in [0.25, 0.3) is 0 Å². The summed E-state index contributed by atoms with van der Waals surface area (Å²) in [6.07, 6.45) is 1.57. The maximum Gasteiger partial charge on any atom is 0.188 e. The van der Waals surface area contributed by atoms with Crippen molar-refractivity contribution in [2.24, 2.45) is 0 Å². The molecule has 1 aliphatic rings. The van der Waals surface area contributed by atoms with Crippen LogP contribution in [0.4, 0.5) is 16.5 Å². The van der Waals surface area contributed by atoms with Crippen LogP contribution in [0.1, 0.15) is 12.8 Å². The normalized spacial score (nSPS) is 16.0. The van der Waals surface area contributed by atoms with Gasteiger partial charge in [0.05, 0.1) is 16.3 Å². The summed E-state index contributed by atoms with van der Waals surface area (Å²) in [5.74, 6) is 0. The van der Waals surface area contributed by atoms with E-state index >= 15 is 0 Å². The van der Waals surface area contributed by atoms with Gasteiger partial charge >= 0.3 is 0 Å². The average molecular weight is 325 g/mol. The monoisotopic (exact) mass is 325 g/mol. The summed E-state index contributed by atoms with van der Waals surface area (Å²) < 4.78 is 1.19. The van der Waals surface area contributed by atoms with Gasteiger partial charge in [-0.2, -0.15) is 0 Å². The molecule has 23 heavy (non-hydrogen) atoms. The molecule has 0 aliphatic carbocycles. The van der Waals surface area contributed by atoms with Crippen molar-refractivity contribution in [2.75, 3.05) is 23.3 Å². The molecule has 4 nitrogen and oxygen atoms in total. The fourth-order valence-corrected chi connectivity index (χ4v) is 3.81. The molecule has 1 saturated heterocycles. The first kappa shape index (κ1) is 14.5. The molecule has 118 valence electrons. The summed E-state index contributed by atoms with van der Waals surface area (Å²) in [5, 5.41) is 13.9. The van der Waals surface area contributed by atoms with Crippen LogP contribution in [0.25, 0.3) is 10.2 Å². The summed E-state index contributed by atoms with van der Waals surface area (Å²) in [4.78, 5) is 6.93. The van der Waals surface area contributed by atoms with E-state index in [-0.39, 0.29) is 6.10 Å². The van der Waals surface area contributed by atoms with Gasteiger partial charge in [-0.1, -0.05) is 23.5 Å². The largest absolute Gasteiger partial charge is 0.393 e. The number of nitrogens with one attached hydrogen (secondary N) is 1. The molecule has 0 atom stereocenters. The molecule has 2 aromatic carbocycles. The Bertz CT molecular complexity index is 758. The number of hydrogen-bond acceptors (Lipinski definition) is 5. The van der Waals surface area contributed by atoms with Gasteiger partial charge in [-0.05, 0) is 49.2 Å². The summed E-state index contributed by atoms with van der Waals surface area (Å²) in [6.45, 7) is 1.84. The van der Waals surface area contributed by atoms with Crippen LogP contribution in [0.3, 0.4) is 0 Å². The standard InChI is InChI=1S/C18H19N3OS/c22-15-9-11-21(12-10-15)14-7-5-13(6-8-14)19-18-20-16-3-1-2-4-17(16)23-18/h1-8,15,22H,9-12H2,(H,19,20). The Hall–Kier alpha value is -2.11. The van der Waals surface area contributed by atoms with Crippen molar-refractivity contribution >= 4 is 38.1 Å². The highest BCUT2D eigenvalue weighted by Crippen LogP contribution is 2.29. The van der Waals surface area contributed by atoms with Gasteiger partial charge < -0.3 is 15.3 Å². The second-order valence-corrected chi connectivity index (χ2v) is 6.91. The van der Waals surface area contributed by atoms with E-state index in [1.54, 1.807) is 11.3 Å². The Morgan fingerprint density at radius 2 is 1.78 bits per heavy atom. The molecule has 3 aromatic rings. The van der Waals surface area contributed by atoms with E-state index in [1.807, 2.05) is 18.2 Å². The predicted molar refractivity (Wildman–Crippen MR) is 96.8 cm³/mol. The predicted octanol–water partition coefficient (Wildman–Crippen LogP) is 4.00. The van der Waals surface area contributed by atoms with Gasteiger partial charge in [0.1, 0.15) is 0 Å². The molecular weight excluding hydrogens is 306 g/mol. The first-order valence-electron chi connectivity index (χ1n) is 7.93. The minimum Gasteiger partial charge on any atom is -0.393 e.